The van der Waals surface area contributed by atoms with Crippen LogP contribution < -0.4 is 9.22 Å². The molecule has 3 heterocycles. The molecule has 0 saturated carbocycles. The monoisotopic (exact) mass is 300 g/mol. The van der Waals surface area contributed by atoms with Crippen LogP contribution in [-0.2, 0) is 0 Å². The van der Waals surface area contributed by atoms with E-state index in [1.165, 1.54) is 38.0 Å². The maximum Gasteiger partial charge on any atom is 0.213 e. The third-order valence-electron chi connectivity index (χ3n) is 5.07. The Morgan fingerprint density at radius 1 is 1.05 bits per heavy atom. The third kappa shape index (κ3) is 2.35. The van der Waals surface area contributed by atoms with E-state index < -0.39 is 0 Å². The van der Waals surface area contributed by atoms with Gasteiger partial charge < -0.3 is 4.74 Å². The van der Waals surface area contributed by atoms with Crippen molar-refractivity contribution >= 4 is 16.7 Å². The summed E-state index contributed by atoms with van der Waals surface area (Å²) < 4.78 is 6.32. The Hall–Kier alpha value is -1.68. The van der Waals surface area contributed by atoms with Crippen LogP contribution in [-0.4, -0.2) is 35.7 Å². The molecule has 1 saturated heterocycles. The van der Waals surface area contributed by atoms with E-state index in [0.717, 1.165) is 15.5 Å². The van der Waals surface area contributed by atoms with E-state index in [2.05, 4.69) is 31.8 Å². The molecule has 0 amide bonds. The number of fused-ring (bicyclic) bond motifs is 1. The predicted octanol–water partition coefficient (Wildman–Crippen LogP) is 3.93. The van der Waals surface area contributed by atoms with Gasteiger partial charge in [0.1, 0.15) is 0 Å². The summed E-state index contributed by atoms with van der Waals surface area (Å²) in [6.45, 7) is 9.35. The molecular weight excluding hydrogens is 274 g/mol. The van der Waals surface area contributed by atoms with Gasteiger partial charge in [-0.3, -0.25) is 9.47 Å². The normalized spacial score (nSPS) is 18.4. The molecule has 1 fully saturated rings. The van der Waals surface area contributed by atoms with Crippen molar-refractivity contribution in [2.75, 3.05) is 20.2 Å². The first-order valence-corrected chi connectivity index (χ1v) is 8.15. The largest absolute Gasteiger partial charge is 0.481 e. The highest BCUT2D eigenvalue weighted by Crippen LogP contribution is 2.40. The molecule has 118 valence electrons. The van der Waals surface area contributed by atoms with Gasteiger partial charge in [0.05, 0.1) is 31.3 Å². The quantitative estimate of drug-likeness (QED) is 0.788. The van der Waals surface area contributed by atoms with E-state index in [4.69, 9.17) is 9.72 Å². The standard InChI is InChI=1S/C18H26N3O/c1-18(2,3)21(12-6-5-7-13-21)15-10-11-19-14-8-9-16(22-4)20-17(14)15/h8-11H,5-7,12-13H2,1-4H3/q+1. The van der Waals surface area contributed by atoms with Crippen LogP contribution >= 0.6 is 0 Å². The maximum absolute atomic E-state index is 5.34. The number of rotatable bonds is 2. The molecule has 0 aromatic carbocycles. The van der Waals surface area contributed by atoms with Crippen LogP contribution in [0.4, 0.5) is 5.69 Å². The van der Waals surface area contributed by atoms with Gasteiger partial charge in [-0.05, 0) is 46.1 Å². The highest BCUT2D eigenvalue weighted by Gasteiger charge is 2.44. The van der Waals surface area contributed by atoms with Crippen LogP contribution in [0.15, 0.2) is 24.4 Å². The highest BCUT2D eigenvalue weighted by molar-refractivity contribution is 5.87. The number of hydrogen-bond donors (Lipinski definition) is 0. The maximum atomic E-state index is 5.34. The Bertz CT molecular complexity index is 670. The van der Waals surface area contributed by atoms with Crippen LogP contribution in [0.3, 0.4) is 0 Å². The molecule has 2 aromatic rings. The Morgan fingerprint density at radius 2 is 1.77 bits per heavy atom. The summed E-state index contributed by atoms with van der Waals surface area (Å²) in [5, 5.41) is 0. The molecule has 0 aliphatic carbocycles. The first-order valence-electron chi connectivity index (χ1n) is 8.15. The van der Waals surface area contributed by atoms with Crippen LogP contribution in [0, 0.1) is 0 Å². The smallest absolute Gasteiger partial charge is 0.213 e. The van der Waals surface area contributed by atoms with E-state index in [0.29, 0.717) is 5.88 Å². The fraction of sp³-hybridized carbons (Fsp3) is 0.556. The van der Waals surface area contributed by atoms with Gasteiger partial charge in [0.2, 0.25) is 5.88 Å². The van der Waals surface area contributed by atoms with Crippen LogP contribution in [0.5, 0.6) is 5.88 Å². The Kier molecular flexibility index (Phi) is 3.81. The second-order valence-electron chi connectivity index (χ2n) is 7.20. The van der Waals surface area contributed by atoms with Crippen LogP contribution in [0.2, 0.25) is 0 Å². The molecule has 0 bridgehead atoms. The molecule has 4 heteroatoms. The Morgan fingerprint density at radius 3 is 2.41 bits per heavy atom. The fourth-order valence-corrected chi connectivity index (χ4v) is 3.78. The van der Waals surface area contributed by atoms with Crippen molar-refractivity contribution < 1.29 is 4.74 Å². The average molecular weight is 300 g/mol. The van der Waals surface area contributed by atoms with E-state index in [1.54, 1.807) is 7.11 Å². The Balaban J connectivity index is 2.25. The lowest BCUT2D eigenvalue weighted by Crippen LogP contribution is -2.64. The van der Waals surface area contributed by atoms with E-state index in [1.807, 2.05) is 18.3 Å². The second-order valence-corrected chi connectivity index (χ2v) is 7.20. The first-order chi connectivity index (χ1) is 10.5. The summed E-state index contributed by atoms with van der Waals surface area (Å²) in [7, 11) is 1.67. The number of pyridine rings is 2. The molecule has 1 aliphatic rings. The topological polar surface area (TPSA) is 35.0 Å². The first kappa shape index (κ1) is 15.2. The van der Waals surface area contributed by atoms with E-state index in [9.17, 15) is 0 Å². The molecule has 0 atom stereocenters. The lowest BCUT2D eigenvalue weighted by Gasteiger charge is -2.50. The summed E-state index contributed by atoms with van der Waals surface area (Å²) in [5.74, 6) is 0.658. The van der Waals surface area contributed by atoms with Gasteiger partial charge >= 0.3 is 0 Å². The molecule has 4 nitrogen and oxygen atoms in total. The lowest BCUT2D eigenvalue weighted by molar-refractivity contribution is 0.116. The number of quaternary nitrogens is 1. The number of aromatic nitrogens is 2. The highest BCUT2D eigenvalue weighted by atomic mass is 16.5. The van der Waals surface area contributed by atoms with E-state index >= 15 is 0 Å². The van der Waals surface area contributed by atoms with Gasteiger partial charge in [0.25, 0.3) is 0 Å². The zero-order valence-electron chi connectivity index (χ0n) is 14.1. The number of piperidine rings is 1. The number of likely N-dealkylation sites (tertiary alicyclic amines) is 1. The van der Waals surface area contributed by atoms with E-state index in [-0.39, 0.29) is 5.54 Å². The van der Waals surface area contributed by atoms with Gasteiger partial charge in [-0.15, -0.1) is 0 Å². The molecule has 0 unspecified atom stereocenters. The van der Waals surface area contributed by atoms with Crippen molar-refractivity contribution in [3.63, 3.8) is 0 Å². The van der Waals surface area contributed by atoms with Crippen molar-refractivity contribution in [1.29, 1.82) is 0 Å². The number of nitrogens with zero attached hydrogens (tertiary/aromatic N) is 3. The minimum Gasteiger partial charge on any atom is -0.481 e. The molecule has 2 aromatic heterocycles. The molecule has 0 radical (unpaired) electrons. The number of hydrogen-bond acceptors (Lipinski definition) is 3. The van der Waals surface area contributed by atoms with Crippen molar-refractivity contribution in [2.45, 2.75) is 45.6 Å². The average Bonchev–Trinajstić information content (AvgIpc) is 2.53. The molecule has 1 aliphatic heterocycles. The molecule has 0 spiro atoms. The third-order valence-corrected chi connectivity index (χ3v) is 5.07. The minimum atomic E-state index is 0.138. The number of methoxy groups -OCH3 is 1. The summed E-state index contributed by atoms with van der Waals surface area (Å²) in [6, 6.07) is 6.05. The lowest BCUT2D eigenvalue weighted by atomic mass is 9.93. The summed E-state index contributed by atoms with van der Waals surface area (Å²) in [5.41, 5.74) is 3.36. The zero-order chi connectivity index (χ0) is 15.8. The summed E-state index contributed by atoms with van der Waals surface area (Å²) >= 11 is 0. The number of ether oxygens (including phenoxy) is 1. The molecule has 3 rings (SSSR count). The summed E-state index contributed by atoms with van der Waals surface area (Å²) in [4.78, 5) is 9.22. The van der Waals surface area contributed by atoms with Crippen molar-refractivity contribution in [3.8, 4) is 5.88 Å². The summed E-state index contributed by atoms with van der Waals surface area (Å²) in [6.07, 6.45) is 5.79. The zero-order valence-corrected chi connectivity index (χ0v) is 14.1. The fourth-order valence-electron chi connectivity index (χ4n) is 3.78. The van der Waals surface area contributed by atoms with Gasteiger partial charge in [-0.1, -0.05) is 0 Å². The van der Waals surface area contributed by atoms with Crippen molar-refractivity contribution in [1.82, 2.24) is 14.5 Å². The van der Waals surface area contributed by atoms with Gasteiger partial charge in [0, 0.05) is 18.3 Å². The SMILES string of the molecule is COc1ccc2nccc([N+]3(C(C)(C)C)CCCCC3)c2n1. The van der Waals surface area contributed by atoms with Crippen LogP contribution in [0.25, 0.3) is 11.0 Å². The molecule has 0 N–H and O–H groups in total. The molecular formula is C18H26N3O+. The van der Waals surface area contributed by atoms with Gasteiger partial charge in [-0.25, -0.2) is 4.98 Å². The van der Waals surface area contributed by atoms with Crippen molar-refractivity contribution in [3.05, 3.63) is 24.4 Å². The Labute approximate surface area is 132 Å². The second kappa shape index (κ2) is 5.51. The van der Waals surface area contributed by atoms with Crippen molar-refractivity contribution in [2.24, 2.45) is 0 Å². The van der Waals surface area contributed by atoms with Gasteiger partial charge in [0.15, 0.2) is 11.2 Å². The van der Waals surface area contributed by atoms with Gasteiger partial charge in [-0.2, -0.15) is 0 Å². The minimum absolute atomic E-state index is 0.138. The molecule has 22 heavy (non-hydrogen) atoms. The van der Waals surface area contributed by atoms with Crippen LogP contribution in [0.1, 0.15) is 40.0 Å². The predicted molar refractivity (Wildman–Crippen MR) is 91.2 cm³/mol.